The fourth-order valence-electron chi connectivity index (χ4n) is 5.95. The normalized spacial score (nSPS) is 13.0. The van der Waals surface area contributed by atoms with Crippen molar-refractivity contribution in [3.63, 3.8) is 0 Å². The molecule has 2 N–H and O–H groups in total. The maximum Gasteiger partial charge on any atom is 0.246 e. The summed E-state index contributed by atoms with van der Waals surface area (Å²) in [7, 11) is -2.53. The largest absolute Gasteiger partial charge is 0.492 e. The van der Waals surface area contributed by atoms with Crippen LogP contribution in [-0.2, 0) is 21.1 Å². The van der Waals surface area contributed by atoms with Gasteiger partial charge in [0.2, 0.25) is 10.0 Å². The molecule has 1 unspecified atom stereocenters. The maximum absolute atomic E-state index is 12.9. The molecule has 0 saturated heterocycles. The first-order valence-corrected chi connectivity index (χ1v) is 20.4. The Hall–Kier alpha value is -3.67. The molecule has 5 rings (SSSR count). The predicted octanol–water partition coefficient (Wildman–Crippen LogP) is 7.88. The van der Waals surface area contributed by atoms with Gasteiger partial charge < -0.3 is 24.2 Å². The SMILES string of the molecule is CC[Si](CC)(CC)OC(CNCCOc1ccc2c(c1)[nH]c1ccccc12)c1cccc(COc2ccccc2S(=O)(=O)N(C)C)c1. The topological polar surface area (TPSA) is 92.9 Å². The molecule has 47 heavy (non-hydrogen) atoms. The van der Waals surface area contributed by atoms with Gasteiger partial charge in [-0.25, -0.2) is 12.7 Å². The van der Waals surface area contributed by atoms with E-state index in [0.29, 0.717) is 25.4 Å². The average molecular weight is 674 g/mol. The summed E-state index contributed by atoms with van der Waals surface area (Å²) in [4.78, 5) is 3.63. The highest BCUT2D eigenvalue weighted by Gasteiger charge is 2.32. The second-order valence-corrected chi connectivity index (χ2v) is 18.9. The number of hydrogen-bond acceptors (Lipinski definition) is 6. The van der Waals surface area contributed by atoms with E-state index in [1.807, 2.05) is 24.3 Å². The summed E-state index contributed by atoms with van der Waals surface area (Å²) in [5.41, 5.74) is 4.21. The van der Waals surface area contributed by atoms with Crippen LogP contribution < -0.4 is 14.8 Å². The Bertz CT molecular complexity index is 1880. The van der Waals surface area contributed by atoms with Gasteiger partial charge in [0.1, 0.15) is 29.6 Å². The van der Waals surface area contributed by atoms with Crippen LogP contribution in [0.15, 0.2) is 95.9 Å². The van der Waals surface area contributed by atoms with Crippen LogP contribution in [0.25, 0.3) is 21.8 Å². The number of aromatic nitrogens is 1. The Morgan fingerprint density at radius 1 is 0.809 bits per heavy atom. The molecule has 0 bridgehead atoms. The van der Waals surface area contributed by atoms with Crippen LogP contribution in [0, 0.1) is 0 Å². The zero-order chi connectivity index (χ0) is 33.4. The molecule has 8 nitrogen and oxygen atoms in total. The second kappa shape index (κ2) is 15.5. The van der Waals surface area contributed by atoms with Gasteiger partial charge in [-0.1, -0.05) is 69.3 Å². The molecule has 0 aliphatic carbocycles. The first-order chi connectivity index (χ1) is 22.7. The van der Waals surface area contributed by atoms with Crippen LogP contribution >= 0.6 is 0 Å². The van der Waals surface area contributed by atoms with Crippen molar-refractivity contribution in [2.45, 2.75) is 56.5 Å². The van der Waals surface area contributed by atoms with E-state index in [9.17, 15) is 8.42 Å². The van der Waals surface area contributed by atoms with E-state index in [-0.39, 0.29) is 17.6 Å². The third kappa shape index (κ3) is 8.08. The smallest absolute Gasteiger partial charge is 0.246 e. The fraction of sp³-hybridized carbons (Fsp3) is 0.351. The molecule has 5 aromatic rings. The number of rotatable bonds is 17. The molecule has 1 atom stereocenters. The van der Waals surface area contributed by atoms with E-state index in [2.05, 4.69) is 73.5 Å². The predicted molar refractivity (Wildman–Crippen MR) is 193 cm³/mol. The number of hydrogen-bond donors (Lipinski definition) is 2. The van der Waals surface area contributed by atoms with Crippen molar-refractivity contribution in [3.8, 4) is 11.5 Å². The van der Waals surface area contributed by atoms with Gasteiger partial charge in [0, 0.05) is 49.5 Å². The molecule has 0 saturated carbocycles. The average Bonchev–Trinajstić information content (AvgIpc) is 3.47. The van der Waals surface area contributed by atoms with Gasteiger partial charge in [-0.2, -0.15) is 0 Å². The van der Waals surface area contributed by atoms with Crippen molar-refractivity contribution in [1.29, 1.82) is 0 Å². The van der Waals surface area contributed by atoms with Crippen LogP contribution in [0.1, 0.15) is 38.0 Å². The number of aromatic amines is 1. The Balaban J connectivity index is 1.25. The Kier molecular flexibility index (Phi) is 11.4. The number of benzene rings is 4. The van der Waals surface area contributed by atoms with Crippen LogP contribution in [0.4, 0.5) is 0 Å². The van der Waals surface area contributed by atoms with Crippen LogP contribution in [-0.4, -0.2) is 59.8 Å². The Morgan fingerprint density at radius 2 is 1.53 bits per heavy atom. The molecule has 0 fully saturated rings. The second-order valence-electron chi connectivity index (χ2n) is 12.0. The molecule has 0 aliphatic heterocycles. The van der Waals surface area contributed by atoms with Crippen molar-refractivity contribution >= 4 is 40.1 Å². The van der Waals surface area contributed by atoms with Gasteiger partial charge in [-0.05, 0) is 65.7 Å². The van der Waals surface area contributed by atoms with E-state index < -0.39 is 18.3 Å². The van der Waals surface area contributed by atoms with Gasteiger partial charge in [0.25, 0.3) is 0 Å². The van der Waals surface area contributed by atoms with Gasteiger partial charge in [0.15, 0.2) is 8.32 Å². The number of ether oxygens (including phenoxy) is 2. The third-order valence-electron chi connectivity index (χ3n) is 9.01. The first kappa shape index (κ1) is 34.7. The summed E-state index contributed by atoms with van der Waals surface area (Å²) in [6, 6.07) is 32.7. The Morgan fingerprint density at radius 3 is 2.30 bits per heavy atom. The van der Waals surface area contributed by atoms with Crippen molar-refractivity contribution in [3.05, 3.63) is 102 Å². The lowest BCUT2D eigenvalue weighted by Gasteiger charge is -2.34. The lowest BCUT2D eigenvalue weighted by atomic mass is 10.1. The van der Waals surface area contributed by atoms with E-state index >= 15 is 0 Å². The van der Waals surface area contributed by atoms with E-state index in [4.69, 9.17) is 13.9 Å². The van der Waals surface area contributed by atoms with E-state index in [1.54, 1.807) is 24.3 Å². The highest BCUT2D eigenvalue weighted by molar-refractivity contribution is 7.89. The zero-order valence-corrected chi connectivity index (χ0v) is 29.9. The monoisotopic (exact) mass is 673 g/mol. The standard InChI is InChI=1S/C37H47N3O5SSi/c1-6-47(7-2,8-3)45-36(26-38-22-23-43-30-20-21-32-31-16-9-10-17-33(31)39-34(32)25-30)29-15-13-14-28(24-29)27-44-35-18-11-12-19-37(35)46(41,42)40(4)5/h9-21,24-25,36,38-39H,6-8,22-23,26-27H2,1-5H3. The number of para-hydroxylation sites is 2. The summed E-state index contributed by atoms with van der Waals surface area (Å²) in [6.07, 6.45) is -0.134. The summed E-state index contributed by atoms with van der Waals surface area (Å²) in [6.45, 7) is 8.80. The lowest BCUT2D eigenvalue weighted by Crippen LogP contribution is -2.40. The Labute approximate surface area is 280 Å². The number of fused-ring (bicyclic) bond motifs is 3. The highest BCUT2D eigenvalue weighted by Crippen LogP contribution is 2.31. The maximum atomic E-state index is 12.9. The van der Waals surface area contributed by atoms with Crippen molar-refractivity contribution < 1.29 is 22.3 Å². The van der Waals surface area contributed by atoms with Gasteiger partial charge in [0.05, 0.1) is 11.6 Å². The van der Waals surface area contributed by atoms with Gasteiger partial charge >= 0.3 is 0 Å². The molecule has 4 aromatic carbocycles. The fourth-order valence-corrected chi connectivity index (χ4v) is 9.80. The minimum absolute atomic E-state index is 0.134. The van der Waals surface area contributed by atoms with Gasteiger partial charge in [-0.3, -0.25) is 0 Å². The zero-order valence-electron chi connectivity index (χ0n) is 28.1. The summed E-state index contributed by atoms with van der Waals surface area (Å²) in [5.74, 6) is 1.17. The number of sulfonamides is 1. The molecule has 0 spiro atoms. The molecular weight excluding hydrogens is 627 g/mol. The highest BCUT2D eigenvalue weighted by atomic mass is 32.2. The van der Waals surface area contributed by atoms with Crippen LogP contribution in [0.5, 0.6) is 11.5 Å². The molecular formula is C37H47N3O5SSi. The molecule has 1 heterocycles. The number of nitrogens with zero attached hydrogens (tertiary/aromatic N) is 1. The lowest BCUT2D eigenvalue weighted by molar-refractivity contribution is 0.182. The number of nitrogens with one attached hydrogen (secondary N) is 2. The quantitative estimate of drug-likeness (QED) is 0.0771. The summed E-state index contributed by atoms with van der Waals surface area (Å²) < 4.78 is 46.1. The minimum Gasteiger partial charge on any atom is -0.492 e. The van der Waals surface area contributed by atoms with Crippen molar-refractivity contribution in [1.82, 2.24) is 14.6 Å². The minimum atomic E-state index is -3.64. The van der Waals surface area contributed by atoms with Crippen LogP contribution in [0.2, 0.25) is 18.1 Å². The third-order valence-corrected chi connectivity index (χ3v) is 15.5. The molecule has 0 amide bonds. The molecule has 0 radical (unpaired) electrons. The molecule has 10 heteroatoms. The summed E-state index contributed by atoms with van der Waals surface area (Å²) in [5, 5.41) is 5.99. The van der Waals surface area contributed by atoms with Crippen LogP contribution in [0.3, 0.4) is 0 Å². The first-order valence-electron chi connectivity index (χ1n) is 16.4. The number of H-pyrrole nitrogens is 1. The molecule has 250 valence electrons. The van der Waals surface area contributed by atoms with Crippen molar-refractivity contribution in [2.24, 2.45) is 0 Å². The van der Waals surface area contributed by atoms with Crippen molar-refractivity contribution in [2.75, 3.05) is 33.8 Å². The van der Waals surface area contributed by atoms with E-state index in [1.165, 1.54) is 29.2 Å². The van der Waals surface area contributed by atoms with E-state index in [0.717, 1.165) is 46.0 Å². The van der Waals surface area contributed by atoms with Gasteiger partial charge in [-0.15, -0.1) is 0 Å². The molecule has 0 aliphatic rings. The summed E-state index contributed by atoms with van der Waals surface area (Å²) >= 11 is 0. The molecule has 1 aromatic heterocycles.